The molecular weight excluding hydrogens is 1240 g/mol. The van der Waals surface area contributed by atoms with Crippen LogP contribution in [0, 0.1) is 0 Å². The predicted octanol–water partition coefficient (Wildman–Crippen LogP) is 24.1. The van der Waals surface area contributed by atoms with Gasteiger partial charge in [0.05, 0.1) is 66.2 Å². The van der Waals surface area contributed by atoms with Gasteiger partial charge >= 0.3 is 0 Å². The van der Waals surface area contributed by atoms with Crippen molar-refractivity contribution in [2.75, 3.05) is 0 Å². The van der Waals surface area contributed by atoms with Crippen LogP contribution in [0.25, 0.3) is 198 Å². The lowest BCUT2D eigenvalue weighted by atomic mass is 10.00. The summed E-state index contributed by atoms with van der Waals surface area (Å²) in [5, 5.41) is 14.7. The highest BCUT2D eigenvalue weighted by Gasteiger charge is 2.23. The van der Waals surface area contributed by atoms with Crippen LogP contribution in [0.1, 0.15) is 0 Å². The molecule has 22 rings (SSSR count). The Labute approximate surface area is 584 Å². The number of nitrogens with zero attached hydrogens (tertiary/aromatic N) is 8. The molecule has 0 atom stereocenters. The number of rotatable bonds is 9. The normalized spacial score (nSPS) is 12.1. The second kappa shape index (κ2) is 21.8. The van der Waals surface area contributed by atoms with Crippen LogP contribution in [0.4, 0.5) is 0 Å². The van der Waals surface area contributed by atoms with Gasteiger partial charge in [0, 0.05) is 146 Å². The third-order valence-electron chi connectivity index (χ3n) is 21.5. The molecule has 0 aliphatic rings. The molecule has 0 aliphatic carbocycles. The van der Waals surface area contributed by atoms with Gasteiger partial charge in [0.15, 0.2) is 0 Å². The van der Waals surface area contributed by atoms with Gasteiger partial charge in [0.2, 0.25) is 0 Å². The Balaban J connectivity index is 0.615. The average Bonchev–Trinajstić information content (AvgIpc) is 1.57. The molecule has 0 unspecified atom stereocenters. The standard InChI is InChI=1S/C94H58N8/c1-9-25-83-71(17-1)72-18-2-10-26-84(72)99(83)67-41-45-91-79(51-67)80-52-68(100-85-27-11-3-19-73(85)74-20-4-12-28-86(74)100)42-46-92(80)97(91)65-37-33-59(34-38-65)61-49-63(57-95-55-61)64-50-62(56-96-58-64)60-35-39-66(40-36-60)98-93-47-43-69(101-87-29-13-5-21-75(87)76-22-6-14-30-88(76)101)53-81(93)82-54-70(44-48-94(82)98)102-89-31-15-7-23-77(89)78-24-8-16-32-90(78)102/h1-58H. The highest BCUT2D eigenvalue weighted by Crippen LogP contribution is 2.44. The number of fused-ring (bicyclic) bond motifs is 18. The summed E-state index contributed by atoms with van der Waals surface area (Å²) in [5.41, 5.74) is 26.9. The van der Waals surface area contributed by atoms with Crippen molar-refractivity contribution in [2.45, 2.75) is 0 Å². The average molecular weight is 1300 g/mol. The summed E-state index contributed by atoms with van der Waals surface area (Å²) in [7, 11) is 0. The van der Waals surface area contributed by atoms with E-state index in [1.54, 1.807) is 0 Å². The van der Waals surface area contributed by atoms with Gasteiger partial charge in [-0.1, -0.05) is 170 Å². The Morgan fingerprint density at radius 3 is 0.539 bits per heavy atom. The van der Waals surface area contributed by atoms with Crippen LogP contribution in [0.3, 0.4) is 0 Å². The highest BCUT2D eigenvalue weighted by atomic mass is 15.0. The lowest BCUT2D eigenvalue weighted by Gasteiger charge is -2.12. The van der Waals surface area contributed by atoms with Crippen molar-refractivity contribution in [3.8, 4) is 67.5 Å². The quantitative estimate of drug-likeness (QED) is 0.145. The lowest BCUT2D eigenvalue weighted by Crippen LogP contribution is -1.96. The molecule has 8 aromatic heterocycles. The van der Waals surface area contributed by atoms with Crippen molar-refractivity contribution < 1.29 is 0 Å². The molecule has 0 radical (unpaired) electrons. The van der Waals surface area contributed by atoms with E-state index >= 15 is 0 Å². The molecule has 8 heterocycles. The zero-order chi connectivity index (χ0) is 66.7. The lowest BCUT2D eigenvalue weighted by molar-refractivity contribution is 1.16. The first-order valence-electron chi connectivity index (χ1n) is 34.8. The number of hydrogen-bond acceptors (Lipinski definition) is 2. The molecule has 102 heavy (non-hydrogen) atoms. The summed E-state index contributed by atoms with van der Waals surface area (Å²) in [5.74, 6) is 0. The molecule has 0 saturated heterocycles. The minimum absolute atomic E-state index is 0.994. The smallest absolute Gasteiger partial charge is 0.0542 e. The molecule has 8 nitrogen and oxygen atoms in total. The van der Waals surface area contributed by atoms with Crippen LogP contribution < -0.4 is 0 Å². The van der Waals surface area contributed by atoms with Crippen molar-refractivity contribution in [1.29, 1.82) is 0 Å². The van der Waals surface area contributed by atoms with Gasteiger partial charge < -0.3 is 27.4 Å². The second-order valence-electron chi connectivity index (χ2n) is 27.0. The number of para-hydroxylation sites is 8. The largest absolute Gasteiger partial charge is 0.309 e. The molecule has 0 saturated carbocycles. The van der Waals surface area contributed by atoms with Crippen LogP contribution in [0.5, 0.6) is 0 Å². The minimum atomic E-state index is 0.994. The molecule has 8 heteroatoms. The molecule has 474 valence electrons. The van der Waals surface area contributed by atoms with E-state index in [-0.39, 0.29) is 0 Å². The maximum absolute atomic E-state index is 4.87. The topological polar surface area (TPSA) is 55.4 Å². The summed E-state index contributed by atoms with van der Waals surface area (Å²) in [6.45, 7) is 0. The fourth-order valence-electron chi connectivity index (χ4n) is 17.0. The molecule has 0 spiro atoms. The van der Waals surface area contributed by atoms with Gasteiger partial charge in [-0.25, -0.2) is 0 Å². The number of aromatic nitrogens is 8. The summed E-state index contributed by atoms with van der Waals surface area (Å²) >= 11 is 0. The third-order valence-corrected chi connectivity index (χ3v) is 21.5. The van der Waals surface area contributed by atoms with Crippen LogP contribution in [0.2, 0.25) is 0 Å². The van der Waals surface area contributed by atoms with Crippen LogP contribution in [0.15, 0.2) is 352 Å². The molecule has 22 aromatic rings. The summed E-state index contributed by atoms with van der Waals surface area (Å²) < 4.78 is 14.5. The Morgan fingerprint density at radius 1 is 0.137 bits per heavy atom. The Bertz CT molecular complexity index is 6260. The van der Waals surface area contributed by atoms with E-state index in [4.69, 9.17) is 9.97 Å². The fourth-order valence-corrected chi connectivity index (χ4v) is 17.0. The molecule has 0 bridgehead atoms. The van der Waals surface area contributed by atoms with E-state index in [0.717, 1.165) is 89.6 Å². The first kappa shape index (κ1) is 56.2. The molecular formula is C94H58N8. The van der Waals surface area contributed by atoms with Gasteiger partial charge in [-0.2, -0.15) is 0 Å². The summed E-state index contributed by atoms with van der Waals surface area (Å²) in [6.07, 6.45) is 7.82. The monoisotopic (exact) mass is 1300 g/mol. The SMILES string of the molecule is c1ccc2c(c1)c1ccccc1n2-c1ccc2c(c1)c1cc(-n3c4ccccc4c4ccccc43)ccc1n2-c1ccc(-c2cncc(-c3cncc(-c4ccc(-n5c6ccc(-n7c8ccccc8c8ccccc87)cc6c6cc(-n7c8ccccc8c8ccccc87)ccc65)cc4)c3)c2)cc1. The second-order valence-corrected chi connectivity index (χ2v) is 27.0. The summed E-state index contributed by atoms with van der Waals surface area (Å²) in [4.78, 5) is 9.74. The minimum Gasteiger partial charge on any atom is -0.309 e. The van der Waals surface area contributed by atoms with Gasteiger partial charge in [-0.3, -0.25) is 9.97 Å². The Kier molecular flexibility index (Phi) is 12.0. The molecule has 0 aliphatic heterocycles. The van der Waals surface area contributed by atoms with Gasteiger partial charge in [-0.05, 0) is 169 Å². The zero-order valence-electron chi connectivity index (χ0n) is 55.1. The Morgan fingerprint density at radius 2 is 0.314 bits per heavy atom. The van der Waals surface area contributed by atoms with Crippen molar-refractivity contribution in [3.05, 3.63) is 352 Å². The maximum atomic E-state index is 4.87. The molecule has 0 N–H and O–H groups in total. The fraction of sp³-hybridized carbons (Fsp3) is 0. The predicted molar refractivity (Wildman–Crippen MR) is 424 cm³/mol. The Hall–Kier alpha value is -13.8. The maximum Gasteiger partial charge on any atom is 0.0542 e. The van der Waals surface area contributed by atoms with Crippen LogP contribution in [-0.2, 0) is 0 Å². The molecule has 0 fully saturated rings. The number of benzene rings is 14. The highest BCUT2D eigenvalue weighted by molar-refractivity contribution is 6.17. The van der Waals surface area contributed by atoms with E-state index in [1.807, 2.05) is 24.8 Å². The van der Waals surface area contributed by atoms with Crippen molar-refractivity contribution >= 4 is 131 Å². The number of pyridine rings is 2. The van der Waals surface area contributed by atoms with E-state index in [1.165, 1.54) is 109 Å². The van der Waals surface area contributed by atoms with Crippen molar-refractivity contribution in [1.82, 2.24) is 37.4 Å². The van der Waals surface area contributed by atoms with Gasteiger partial charge in [0.1, 0.15) is 0 Å². The van der Waals surface area contributed by atoms with E-state index in [0.29, 0.717) is 0 Å². The molecule has 0 amide bonds. The van der Waals surface area contributed by atoms with E-state index < -0.39 is 0 Å². The van der Waals surface area contributed by atoms with E-state index in [9.17, 15) is 0 Å². The van der Waals surface area contributed by atoms with E-state index in [2.05, 4.69) is 355 Å². The first-order chi connectivity index (χ1) is 50.6. The summed E-state index contributed by atoms with van der Waals surface area (Å²) in [6, 6.07) is 120. The van der Waals surface area contributed by atoms with Crippen LogP contribution >= 0.6 is 0 Å². The van der Waals surface area contributed by atoms with Gasteiger partial charge in [0.25, 0.3) is 0 Å². The van der Waals surface area contributed by atoms with Crippen molar-refractivity contribution in [2.24, 2.45) is 0 Å². The first-order valence-corrected chi connectivity index (χ1v) is 34.8. The zero-order valence-corrected chi connectivity index (χ0v) is 55.1. The molecule has 14 aromatic carbocycles. The van der Waals surface area contributed by atoms with Crippen molar-refractivity contribution in [3.63, 3.8) is 0 Å². The van der Waals surface area contributed by atoms with Gasteiger partial charge in [-0.15, -0.1) is 0 Å². The number of hydrogen-bond donors (Lipinski definition) is 0. The van der Waals surface area contributed by atoms with Crippen LogP contribution in [-0.4, -0.2) is 37.4 Å². The third kappa shape index (κ3) is 8.32.